The number of carbonyl (C=O) groups excluding carboxylic acids is 1. The molecule has 17 nitrogen and oxygen atoms in total. The summed E-state index contributed by atoms with van der Waals surface area (Å²) in [5.41, 5.74) is 12.3. The van der Waals surface area contributed by atoms with Crippen LogP contribution < -0.4 is 11.1 Å². The van der Waals surface area contributed by atoms with Gasteiger partial charge in [-0.15, -0.1) is 12.4 Å². The van der Waals surface area contributed by atoms with Gasteiger partial charge in [-0.2, -0.15) is 20.2 Å². The van der Waals surface area contributed by atoms with Crippen LogP contribution >= 0.6 is 12.4 Å². The van der Waals surface area contributed by atoms with Gasteiger partial charge in [-0.3, -0.25) is 14.2 Å². The summed E-state index contributed by atoms with van der Waals surface area (Å²) in [4.78, 5) is 31.2. The van der Waals surface area contributed by atoms with Crippen LogP contribution in [-0.2, 0) is 39.8 Å². The van der Waals surface area contributed by atoms with Gasteiger partial charge in [0.05, 0.1) is 47.8 Å². The first-order valence-corrected chi connectivity index (χ1v) is 17.0. The maximum absolute atomic E-state index is 12.4. The van der Waals surface area contributed by atoms with E-state index < -0.39 is 24.2 Å². The van der Waals surface area contributed by atoms with E-state index in [0.717, 1.165) is 39.8 Å². The normalized spacial score (nSPS) is 18.0. The van der Waals surface area contributed by atoms with Gasteiger partial charge in [0.2, 0.25) is 23.4 Å². The largest absolute Gasteiger partial charge is 0.478 e. The minimum Gasteiger partial charge on any atom is -0.478 e. The number of nitrogens with two attached hydrogens (primary N) is 1. The highest BCUT2D eigenvalue weighted by Gasteiger charge is 2.33. The fourth-order valence-electron chi connectivity index (χ4n) is 6.08. The Morgan fingerprint density at radius 2 is 1.31 bits per heavy atom. The number of amides is 1. The molecule has 6 N–H and O–H groups in total. The topological polar surface area (TPSA) is 246 Å². The number of carboxylic acid groups (broad SMARTS) is 1. The molecule has 284 valence electrons. The third-order valence-corrected chi connectivity index (χ3v) is 8.90. The van der Waals surface area contributed by atoms with Crippen LogP contribution in [0.4, 0.5) is 0 Å². The molecule has 0 saturated heterocycles. The molecular weight excluding hydrogens is 720 g/mol. The second-order valence-corrected chi connectivity index (χ2v) is 12.7. The summed E-state index contributed by atoms with van der Waals surface area (Å²) in [7, 11) is 3.42. The maximum atomic E-state index is 12.4. The van der Waals surface area contributed by atoms with E-state index in [1.54, 1.807) is 25.0 Å². The van der Waals surface area contributed by atoms with Crippen LogP contribution in [0.5, 0.6) is 0 Å². The van der Waals surface area contributed by atoms with Crippen LogP contribution in [0.1, 0.15) is 80.7 Å². The number of aromatic nitrogens is 8. The van der Waals surface area contributed by atoms with Crippen LogP contribution in [0.2, 0.25) is 0 Å². The molecule has 54 heavy (non-hydrogen) atoms. The molecule has 0 spiro atoms. The smallest absolute Gasteiger partial charge is 0.338 e. The lowest BCUT2D eigenvalue weighted by molar-refractivity contribution is 0.0696. The molecule has 0 aliphatic heterocycles. The third kappa shape index (κ3) is 8.71. The SMILES string of the molecule is CCc1nc(-c2ccc3c(c2)C[C@H](O)[C@H]3N)no1.CCc1nc(-c2ccc3c(c2)C[C@H](O)[C@H]3NC(=O)c2cnn(C)c2)no1.Cl.Cn1cc(C(=O)O)cn1. The number of benzene rings is 2. The predicted octanol–water partition coefficient (Wildman–Crippen LogP) is 3.18. The highest BCUT2D eigenvalue weighted by atomic mass is 35.5. The number of nitrogens with one attached hydrogen (secondary N) is 1. The highest BCUT2D eigenvalue weighted by Crippen LogP contribution is 2.35. The summed E-state index contributed by atoms with van der Waals surface area (Å²) in [6.45, 7) is 3.92. The standard InChI is InChI=1S/C18H19N5O3.C13H15N3O2.C5H6N2O2.ClH/c1-3-15-20-17(22-26-15)10-4-5-13-11(6-10)7-14(24)16(13)21-18(25)12-8-19-23(2)9-12;1-2-11-15-13(16-18-11)7-3-4-9-8(5-7)6-10(17)12(9)14;1-7-3-4(2-6-7)5(8)9;/h4-6,8-9,14,16,24H,3,7H2,1-2H3,(H,21,25);3-5,10,12,17H,2,6,14H2,1H3;2-3H,1H3,(H,8,9);1H/t14-,16-;10-,12-;;/m00../s1. The lowest BCUT2D eigenvalue weighted by Crippen LogP contribution is -2.33. The second-order valence-electron chi connectivity index (χ2n) is 12.7. The molecule has 2 aromatic carbocycles. The van der Waals surface area contributed by atoms with Gasteiger partial charge in [0.1, 0.15) is 0 Å². The molecule has 6 aromatic rings. The van der Waals surface area contributed by atoms with Crippen molar-refractivity contribution in [2.45, 2.75) is 63.8 Å². The zero-order valence-electron chi connectivity index (χ0n) is 29.9. The number of hydrogen-bond donors (Lipinski definition) is 5. The molecule has 18 heteroatoms. The van der Waals surface area contributed by atoms with E-state index in [0.29, 0.717) is 48.3 Å². The molecule has 4 atom stereocenters. The first-order valence-electron chi connectivity index (χ1n) is 17.0. The first-order chi connectivity index (χ1) is 25.4. The van der Waals surface area contributed by atoms with Crippen LogP contribution in [0.25, 0.3) is 22.8 Å². The number of aryl methyl sites for hydroxylation is 4. The number of aromatic carboxylic acids is 1. The summed E-state index contributed by atoms with van der Waals surface area (Å²) in [6.07, 6.45) is 7.17. The van der Waals surface area contributed by atoms with Crippen LogP contribution in [-0.4, -0.2) is 79.2 Å². The Hall–Kier alpha value is -5.75. The maximum Gasteiger partial charge on any atom is 0.338 e. The van der Waals surface area contributed by atoms with E-state index >= 15 is 0 Å². The van der Waals surface area contributed by atoms with Crippen molar-refractivity contribution in [1.29, 1.82) is 0 Å². The molecule has 0 bridgehead atoms. The number of halogens is 1. The lowest BCUT2D eigenvalue weighted by Gasteiger charge is -2.17. The molecule has 4 aromatic heterocycles. The van der Waals surface area contributed by atoms with Gasteiger partial charge in [-0.1, -0.05) is 48.4 Å². The number of aliphatic hydroxyl groups excluding tert-OH is 2. The monoisotopic (exact) mass is 760 g/mol. The van der Waals surface area contributed by atoms with Crippen molar-refractivity contribution >= 4 is 24.3 Å². The summed E-state index contributed by atoms with van der Waals surface area (Å²) in [5, 5.41) is 47.0. The molecule has 2 aliphatic rings. The summed E-state index contributed by atoms with van der Waals surface area (Å²) < 4.78 is 13.3. The third-order valence-electron chi connectivity index (χ3n) is 8.90. The van der Waals surface area contributed by atoms with Gasteiger partial charge < -0.3 is 35.4 Å². The Kier molecular flexibility index (Phi) is 12.4. The Morgan fingerprint density at radius 1 is 0.815 bits per heavy atom. The van der Waals surface area contributed by atoms with Crippen molar-refractivity contribution in [3.63, 3.8) is 0 Å². The van der Waals surface area contributed by atoms with Gasteiger partial charge >= 0.3 is 5.97 Å². The molecule has 0 radical (unpaired) electrons. The first kappa shape index (κ1) is 39.5. The van der Waals surface area contributed by atoms with E-state index in [2.05, 4.69) is 35.8 Å². The molecule has 0 unspecified atom stereocenters. The van der Waals surface area contributed by atoms with Crippen molar-refractivity contribution in [3.05, 3.63) is 106 Å². The highest BCUT2D eigenvalue weighted by molar-refractivity contribution is 5.94. The van der Waals surface area contributed by atoms with Crippen molar-refractivity contribution in [1.82, 2.24) is 45.2 Å². The molecule has 0 fully saturated rings. The summed E-state index contributed by atoms with van der Waals surface area (Å²) >= 11 is 0. The number of carboxylic acids is 1. The molecule has 8 rings (SSSR count). The van der Waals surface area contributed by atoms with Gasteiger partial charge in [-0.25, -0.2) is 4.79 Å². The zero-order chi connectivity index (χ0) is 37.8. The molecule has 2 aliphatic carbocycles. The minimum atomic E-state index is -0.942. The Morgan fingerprint density at radius 3 is 1.78 bits per heavy atom. The number of hydrogen-bond acceptors (Lipinski definition) is 13. The van der Waals surface area contributed by atoms with Gasteiger partial charge in [0.25, 0.3) is 5.91 Å². The average Bonchev–Trinajstić information content (AvgIpc) is 4.01. The van der Waals surface area contributed by atoms with Crippen molar-refractivity contribution in [2.24, 2.45) is 19.8 Å². The minimum absolute atomic E-state index is 0. The number of nitrogens with zero attached hydrogens (tertiary/aromatic N) is 8. The van der Waals surface area contributed by atoms with Gasteiger partial charge in [0.15, 0.2) is 0 Å². The van der Waals surface area contributed by atoms with E-state index in [4.69, 9.17) is 19.9 Å². The summed E-state index contributed by atoms with van der Waals surface area (Å²) in [6, 6.07) is 10.8. The van der Waals surface area contributed by atoms with E-state index in [1.807, 2.05) is 50.2 Å². The number of fused-ring (bicyclic) bond motifs is 2. The molecule has 0 saturated carbocycles. The van der Waals surface area contributed by atoms with Crippen LogP contribution in [0.3, 0.4) is 0 Å². The Labute approximate surface area is 315 Å². The predicted molar refractivity (Wildman–Crippen MR) is 195 cm³/mol. The fraction of sp³-hybridized carbons (Fsp3) is 0.333. The van der Waals surface area contributed by atoms with Gasteiger partial charge in [0, 0.05) is 63.3 Å². The Balaban J connectivity index is 0.000000173. The summed E-state index contributed by atoms with van der Waals surface area (Å²) in [5.74, 6) is 1.13. The van der Waals surface area contributed by atoms with E-state index in [-0.39, 0.29) is 29.9 Å². The van der Waals surface area contributed by atoms with Crippen LogP contribution in [0, 0.1) is 0 Å². The van der Waals surface area contributed by atoms with Crippen LogP contribution in [0.15, 0.2) is 70.2 Å². The number of aliphatic hydroxyl groups is 2. The quantitative estimate of drug-likeness (QED) is 0.157. The molecule has 1 amide bonds. The second kappa shape index (κ2) is 16.9. The average molecular weight is 761 g/mol. The Bertz CT molecular complexity index is 2230. The lowest BCUT2D eigenvalue weighted by atomic mass is 10.0. The van der Waals surface area contributed by atoms with E-state index in [9.17, 15) is 19.8 Å². The molecule has 4 heterocycles. The number of carbonyl (C=O) groups is 2. The molecular formula is C36H41ClN10O7. The van der Waals surface area contributed by atoms with Crippen molar-refractivity contribution in [3.8, 4) is 22.8 Å². The van der Waals surface area contributed by atoms with Crippen molar-refractivity contribution < 1.29 is 34.0 Å². The van der Waals surface area contributed by atoms with Gasteiger partial charge in [-0.05, 0) is 34.4 Å². The fourth-order valence-corrected chi connectivity index (χ4v) is 6.08. The number of rotatable bonds is 7. The van der Waals surface area contributed by atoms with Crippen molar-refractivity contribution in [2.75, 3.05) is 0 Å². The zero-order valence-corrected chi connectivity index (χ0v) is 30.8. The van der Waals surface area contributed by atoms with E-state index in [1.165, 1.54) is 23.3 Å².